The van der Waals surface area contributed by atoms with E-state index in [9.17, 15) is 0 Å². The topological polar surface area (TPSA) is 12.0 Å². The molecule has 3 heteroatoms. The molecular weight excluding hydrogens is 296 g/mol. The van der Waals surface area contributed by atoms with E-state index in [4.69, 9.17) is 0 Å². The highest BCUT2D eigenvalue weighted by Gasteiger charge is 2.26. The molecule has 0 heterocycles. The van der Waals surface area contributed by atoms with Gasteiger partial charge in [-0.2, -0.15) is 0 Å². The van der Waals surface area contributed by atoms with Crippen LogP contribution in [-0.2, 0) is 0 Å². The Morgan fingerprint density at radius 2 is 1.93 bits per heavy atom. The van der Waals surface area contributed by atoms with Gasteiger partial charge in [-0.1, -0.05) is 69.5 Å². The van der Waals surface area contributed by atoms with Crippen molar-refractivity contribution in [3.05, 3.63) is 0 Å². The van der Waals surface area contributed by atoms with E-state index in [1.54, 1.807) is 0 Å². The van der Waals surface area contributed by atoms with Crippen LogP contribution in [-0.4, -0.2) is 24.3 Å². The Morgan fingerprint density at radius 1 is 1.33 bits per heavy atom. The highest BCUT2D eigenvalue weighted by Crippen LogP contribution is 2.30. The maximum atomic E-state index is 3.55. The summed E-state index contributed by atoms with van der Waals surface area (Å²) in [6.45, 7) is 10.4. The van der Waals surface area contributed by atoms with Crippen LogP contribution in [0, 0.1) is 5.41 Å². The fraction of sp³-hybridized carbons (Fsp3) is 1.00. The molecule has 0 saturated heterocycles. The summed E-state index contributed by atoms with van der Waals surface area (Å²) in [7, 11) is 2.22. The first-order valence-electron chi connectivity index (χ1n) is 6.27. The molecule has 0 spiro atoms. The highest BCUT2D eigenvalue weighted by molar-refractivity contribution is 14.1. The molecule has 0 aliphatic carbocycles. The summed E-state index contributed by atoms with van der Waals surface area (Å²) < 4.78 is 0.785. The zero-order valence-electron chi connectivity index (χ0n) is 11.1. The van der Waals surface area contributed by atoms with Crippen LogP contribution >= 0.6 is 22.6 Å². The molecule has 2 atom stereocenters. The maximum absolute atomic E-state index is 3.55. The molecule has 0 aromatic carbocycles. The van der Waals surface area contributed by atoms with E-state index in [0.29, 0.717) is 11.4 Å². The third kappa shape index (κ3) is 7.61. The highest BCUT2D eigenvalue weighted by atomic mass is 127. The zero-order chi connectivity index (χ0) is 11.9. The minimum atomic E-state index is 0.415. The number of rotatable bonds is 8. The number of halogens is 1. The molecule has 0 aromatic rings. The third-order valence-corrected chi connectivity index (χ3v) is 5.18. The van der Waals surface area contributed by atoms with E-state index in [0.717, 1.165) is 10.5 Å². The van der Waals surface area contributed by atoms with Crippen LogP contribution in [0.3, 0.4) is 0 Å². The molecule has 0 bridgehead atoms. The van der Waals surface area contributed by atoms with E-state index in [-0.39, 0.29) is 0 Å². The van der Waals surface area contributed by atoms with Gasteiger partial charge in [-0.05, 0) is 17.8 Å². The molecule has 0 fully saturated rings. The second-order valence-electron chi connectivity index (χ2n) is 5.49. The average molecular weight is 323 g/mol. The lowest BCUT2D eigenvalue weighted by Gasteiger charge is -2.32. The first kappa shape index (κ1) is 15.8. The summed E-state index contributed by atoms with van der Waals surface area (Å²) in [5.41, 5.74) is 0.415. The molecule has 0 unspecified atom stereocenters. The van der Waals surface area contributed by atoms with Gasteiger partial charge < -0.3 is 5.32 Å². The number of alkyl halides is 1. The summed E-state index contributed by atoms with van der Waals surface area (Å²) >= 11 is 2.63. The van der Waals surface area contributed by atoms with Gasteiger partial charge in [0.1, 0.15) is 7.85 Å². The molecule has 15 heavy (non-hydrogen) atoms. The molecule has 0 aliphatic heterocycles. The van der Waals surface area contributed by atoms with Crippen LogP contribution < -0.4 is 5.32 Å². The monoisotopic (exact) mass is 323 g/mol. The van der Waals surface area contributed by atoms with Gasteiger partial charge in [0.15, 0.2) is 0 Å². The third-order valence-electron chi connectivity index (χ3n) is 2.88. The van der Waals surface area contributed by atoms with Crippen molar-refractivity contribution in [2.75, 3.05) is 6.54 Å². The Balaban J connectivity index is 3.85. The number of nitrogens with one attached hydrogen (secondary N) is 1. The van der Waals surface area contributed by atoms with Crippen molar-refractivity contribution >= 4 is 30.4 Å². The predicted octanol–water partition coefficient (Wildman–Crippen LogP) is 2.97. The summed E-state index contributed by atoms with van der Waals surface area (Å²) in [5, 5.41) is 3.55. The van der Waals surface area contributed by atoms with Crippen molar-refractivity contribution in [1.82, 2.24) is 5.32 Å². The van der Waals surface area contributed by atoms with Gasteiger partial charge in [-0.25, -0.2) is 0 Å². The molecular formula is C12H27BIN. The normalized spacial score (nSPS) is 16.3. The number of hydrogen-bond donors (Lipinski definition) is 1. The fourth-order valence-electron chi connectivity index (χ4n) is 1.54. The van der Waals surface area contributed by atoms with Crippen LogP contribution in [0.1, 0.15) is 53.4 Å². The van der Waals surface area contributed by atoms with Crippen LogP contribution in [0.25, 0.3) is 0 Å². The predicted molar refractivity (Wildman–Crippen MR) is 81.7 cm³/mol. The van der Waals surface area contributed by atoms with Crippen molar-refractivity contribution in [2.45, 2.75) is 63.2 Å². The second kappa shape index (κ2) is 7.94. The van der Waals surface area contributed by atoms with E-state index in [1.807, 2.05) is 0 Å². The molecule has 1 N–H and O–H groups in total. The molecule has 0 radical (unpaired) electrons. The Kier molecular flexibility index (Phi) is 8.34. The maximum Gasteiger partial charge on any atom is 0.123 e. The summed E-state index contributed by atoms with van der Waals surface area (Å²) in [4.78, 5) is 0. The van der Waals surface area contributed by atoms with Gasteiger partial charge >= 0.3 is 0 Å². The lowest BCUT2D eigenvalue weighted by Crippen LogP contribution is -2.40. The largest absolute Gasteiger partial charge is 0.321 e. The standard InChI is InChI=1S/C12H27BIN/c1-5-6-7-8-11(14)12(3,4)9-15-10(2)13/h10-11,15H,5-9,13H2,1-4H3/t10-,11+/m1/s1. The minimum Gasteiger partial charge on any atom is -0.321 e. The van der Waals surface area contributed by atoms with Crippen molar-refractivity contribution in [3.63, 3.8) is 0 Å². The molecule has 0 rings (SSSR count). The van der Waals surface area contributed by atoms with Gasteiger partial charge in [-0.3, -0.25) is 0 Å². The molecule has 0 aromatic heterocycles. The van der Waals surface area contributed by atoms with E-state index < -0.39 is 0 Å². The molecule has 0 amide bonds. The van der Waals surface area contributed by atoms with Crippen LogP contribution in [0.5, 0.6) is 0 Å². The summed E-state index contributed by atoms with van der Waals surface area (Å²) in [6, 6.07) is 0. The van der Waals surface area contributed by atoms with Crippen molar-refractivity contribution in [1.29, 1.82) is 0 Å². The van der Waals surface area contributed by atoms with Crippen LogP contribution in [0.2, 0.25) is 0 Å². The van der Waals surface area contributed by atoms with Crippen molar-refractivity contribution in [2.24, 2.45) is 5.41 Å². The van der Waals surface area contributed by atoms with Gasteiger partial charge in [0, 0.05) is 10.5 Å². The van der Waals surface area contributed by atoms with Gasteiger partial charge in [-0.15, -0.1) is 0 Å². The Labute approximate surface area is 111 Å². The minimum absolute atomic E-state index is 0.415. The first-order valence-corrected chi connectivity index (χ1v) is 7.52. The lowest BCUT2D eigenvalue weighted by atomic mass is 9.85. The SMILES string of the molecule is B[C@@H](C)NCC(C)(C)[C@@H](I)CCCCC. The van der Waals surface area contributed by atoms with Crippen molar-refractivity contribution in [3.8, 4) is 0 Å². The Hall–Kier alpha value is 0.755. The summed E-state index contributed by atoms with van der Waals surface area (Å²) in [6.07, 6.45) is 5.46. The molecule has 0 aliphatic rings. The average Bonchev–Trinajstić information content (AvgIpc) is 2.15. The molecule has 0 saturated carbocycles. The van der Waals surface area contributed by atoms with E-state index in [1.165, 1.54) is 25.7 Å². The Bertz CT molecular complexity index is 160. The van der Waals surface area contributed by atoms with Crippen LogP contribution in [0.15, 0.2) is 0 Å². The number of hydrogen-bond acceptors (Lipinski definition) is 1. The summed E-state index contributed by atoms with van der Waals surface area (Å²) in [5.74, 6) is 0.600. The van der Waals surface area contributed by atoms with Gasteiger partial charge in [0.25, 0.3) is 0 Å². The molecule has 90 valence electrons. The fourth-order valence-corrected chi connectivity index (χ4v) is 2.20. The van der Waals surface area contributed by atoms with E-state index >= 15 is 0 Å². The first-order chi connectivity index (χ1) is 6.90. The van der Waals surface area contributed by atoms with Gasteiger partial charge in [0.2, 0.25) is 0 Å². The van der Waals surface area contributed by atoms with Gasteiger partial charge in [0.05, 0.1) is 0 Å². The van der Waals surface area contributed by atoms with Crippen LogP contribution in [0.4, 0.5) is 0 Å². The second-order valence-corrected chi connectivity index (χ2v) is 6.99. The van der Waals surface area contributed by atoms with E-state index in [2.05, 4.69) is 63.4 Å². The lowest BCUT2D eigenvalue weighted by molar-refractivity contribution is 0.322. The molecule has 1 nitrogen and oxygen atoms in total. The quantitative estimate of drug-likeness (QED) is 0.313. The number of unbranched alkanes of at least 4 members (excludes halogenated alkanes) is 2. The smallest absolute Gasteiger partial charge is 0.123 e. The Morgan fingerprint density at radius 3 is 2.40 bits per heavy atom. The van der Waals surface area contributed by atoms with Crippen molar-refractivity contribution < 1.29 is 0 Å². The zero-order valence-corrected chi connectivity index (χ0v) is 13.2.